The van der Waals surface area contributed by atoms with Crippen LogP contribution in [0.3, 0.4) is 0 Å². The molecule has 0 aromatic heterocycles. The van der Waals surface area contributed by atoms with E-state index in [0.717, 1.165) is 13.1 Å². The first kappa shape index (κ1) is 10.7. The smallest absolute Gasteiger partial charge is 0.0237 e. The fourth-order valence-electron chi connectivity index (χ4n) is 2.25. The van der Waals surface area contributed by atoms with Gasteiger partial charge in [0.1, 0.15) is 0 Å². The molecule has 0 aliphatic carbocycles. The van der Waals surface area contributed by atoms with Gasteiger partial charge in [-0.15, -0.1) is 0 Å². The van der Waals surface area contributed by atoms with Crippen LogP contribution in [0.4, 0.5) is 0 Å². The summed E-state index contributed by atoms with van der Waals surface area (Å²) in [5.41, 5.74) is 7.39. The first-order valence-electron chi connectivity index (χ1n) is 5.79. The topological polar surface area (TPSA) is 29.3 Å². The van der Waals surface area contributed by atoms with Gasteiger partial charge in [0.15, 0.2) is 0 Å². The second kappa shape index (κ2) is 4.77. The molecule has 0 saturated carbocycles. The summed E-state index contributed by atoms with van der Waals surface area (Å²) in [6.45, 7) is 4.38. The molecule has 82 valence electrons. The monoisotopic (exact) mass is 204 g/mol. The van der Waals surface area contributed by atoms with E-state index in [1.54, 1.807) is 0 Å². The standard InChI is InChI=1S/C13H20N2/c1-11-7-8-13(14)10-15(11)9-12-5-3-2-4-6-12/h2-6,11,13H,7-10,14H2,1H3/t11?,13-/m1/s1. The summed E-state index contributed by atoms with van der Waals surface area (Å²) in [7, 11) is 0. The number of hydrogen-bond donors (Lipinski definition) is 1. The number of likely N-dealkylation sites (tertiary alicyclic amines) is 1. The fraction of sp³-hybridized carbons (Fsp3) is 0.538. The molecule has 0 amide bonds. The van der Waals surface area contributed by atoms with Crippen LogP contribution in [0.25, 0.3) is 0 Å². The van der Waals surface area contributed by atoms with Crippen LogP contribution in [0.2, 0.25) is 0 Å². The average Bonchev–Trinajstić information content (AvgIpc) is 2.25. The van der Waals surface area contributed by atoms with Crippen molar-refractivity contribution < 1.29 is 0 Å². The van der Waals surface area contributed by atoms with Gasteiger partial charge in [-0.2, -0.15) is 0 Å². The first-order chi connectivity index (χ1) is 7.25. The van der Waals surface area contributed by atoms with Crippen molar-refractivity contribution in [1.82, 2.24) is 4.90 Å². The summed E-state index contributed by atoms with van der Waals surface area (Å²) >= 11 is 0. The zero-order valence-electron chi connectivity index (χ0n) is 9.39. The lowest BCUT2D eigenvalue weighted by molar-refractivity contribution is 0.138. The Morgan fingerprint density at radius 1 is 1.27 bits per heavy atom. The molecule has 1 heterocycles. The number of hydrogen-bond acceptors (Lipinski definition) is 2. The van der Waals surface area contributed by atoms with E-state index in [1.807, 2.05) is 0 Å². The third kappa shape index (κ3) is 2.80. The molecular weight excluding hydrogens is 184 g/mol. The lowest BCUT2D eigenvalue weighted by atomic mass is 9.99. The summed E-state index contributed by atoms with van der Waals surface area (Å²) in [6, 6.07) is 11.7. The molecular formula is C13H20N2. The van der Waals surface area contributed by atoms with Gasteiger partial charge in [-0.05, 0) is 25.3 Å². The average molecular weight is 204 g/mol. The highest BCUT2D eigenvalue weighted by Crippen LogP contribution is 2.18. The van der Waals surface area contributed by atoms with Gasteiger partial charge in [-0.3, -0.25) is 4.90 Å². The molecule has 1 aliphatic heterocycles. The number of benzene rings is 1. The van der Waals surface area contributed by atoms with E-state index in [9.17, 15) is 0 Å². The van der Waals surface area contributed by atoms with Crippen molar-refractivity contribution in [2.45, 2.75) is 38.4 Å². The van der Waals surface area contributed by atoms with E-state index in [1.165, 1.54) is 18.4 Å². The van der Waals surface area contributed by atoms with E-state index < -0.39 is 0 Å². The molecule has 1 saturated heterocycles. The van der Waals surface area contributed by atoms with E-state index >= 15 is 0 Å². The SMILES string of the molecule is CC1CC[C@@H](N)CN1Cc1ccccc1. The largest absolute Gasteiger partial charge is 0.327 e. The molecule has 1 fully saturated rings. The molecule has 0 bridgehead atoms. The Labute approximate surface area is 92.1 Å². The summed E-state index contributed by atoms with van der Waals surface area (Å²) < 4.78 is 0. The fourth-order valence-corrected chi connectivity index (χ4v) is 2.25. The summed E-state index contributed by atoms with van der Waals surface area (Å²) in [6.07, 6.45) is 2.40. The Morgan fingerprint density at radius 3 is 2.73 bits per heavy atom. The normalized spacial score (nSPS) is 27.9. The highest BCUT2D eigenvalue weighted by atomic mass is 15.2. The van der Waals surface area contributed by atoms with E-state index in [-0.39, 0.29) is 0 Å². The van der Waals surface area contributed by atoms with Gasteiger partial charge in [0.25, 0.3) is 0 Å². The van der Waals surface area contributed by atoms with Crippen LogP contribution in [-0.4, -0.2) is 23.5 Å². The first-order valence-corrected chi connectivity index (χ1v) is 5.79. The van der Waals surface area contributed by atoms with Crippen molar-refractivity contribution >= 4 is 0 Å². The summed E-state index contributed by atoms with van der Waals surface area (Å²) in [5.74, 6) is 0. The maximum Gasteiger partial charge on any atom is 0.0237 e. The molecule has 1 aliphatic rings. The number of rotatable bonds is 2. The van der Waals surface area contributed by atoms with Crippen LogP contribution in [0, 0.1) is 0 Å². The third-order valence-corrected chi connectivity index (χ3v) is 3.28. The molecule has 1 aromatic carbocycles. The molecule has 2 N–H and O–H groups in total. The van der Waals surface area contributed by atoms with Gasteiger partial charge in [-0.1, -0.05) is 30.3 Å². The lowest BCUT2D eigenvalue weighted by Crippen LogP contribution is -2.46. The van der Waals surface area contributed by atoms with Gasteiger partial charge in [0, 0.05) is 25.2 Å². The number of nitrogens with zero attached hydrogens (tertiary/aromatic N) is 1. The van der Waals surface area contributed by atoms with Crippen LogP contribution in [0.15, 0.2) is 30.3 Å². The molecule has 2 atom stereocenters. The van der Waals surface area contributed by atoms with Gasteiger partial charge < -0.3 is 5.73 Å². The van der Waals surface area contributed by atoms with Gasteiger partial charge in [0.2, 0.25) is 0 Å². The van der Waals surface area contributed by atoms with Gasteiger partial charge >= 0.3 is 0 Å². The third-order valence-electron chi connectivity index (χ3n) is 3.28. The number of nitrogens with two attached hydrogens (primary N) is 1. The maximum atomic E-state index is 6.00. The molecule has 1 aromatic rings. The minimum absolute atomic E-state index is 0.366. The van der Waals surface area contributed by atoms with E-state index in [2.05, 4.69) is 42.2 Å². The van der Waals surface area contributed by atoms with Crippen molar-refractivity contribution in [2.24, 2.45) is 5.73 Å². The molecule has 0 spiro atoms. The zero-order valence-corrected chi connectivity index (χ0v) is 9.39. The molecule has 2 rings (SSSR count). The van der Waals surface area contributed by atoms with Crippen LogP contribution in [0.5, 0.6) is 0 Å². The van der Waals surface area contributed by atoms with Crippen molar-refractivity contribution in [3.05, 3.63) is 35.9 Å². The Bertz CT molecular complexity index is 297. The second-order valence-corrected chi connectivity index (χ2v) is 4.60. The van der Waals surface area contributed by atoms with Gasteiger partial charge in [0.05, 0.1) is 0 Å². The van der Waals surface area contributed by atoms with Crippen LogP contribution < -0.4 is 5.73 Å². The molecule has 15 heavy (non-hydrogen) atoms. The Hall–Kier alpha value is -0.860. The van der Waals surface area contributed by atoms with Crippen molar-refractivity contribution in [1.29, 1.82) is 0 Å². The molecule has 1 unspecified atom stereocenters. The maximum absolute atomic E-state index is 6.00. The van der Waals surface area contributed by atoms with Crippen LogP contribution in [0.1, 0.15) is 25.3 Å². The zero-order chi connectivity index (χ0) is 10.7. The predicted octanol–water partition coefficient (Wildman–Crippen LogP) is 2.00. The van der Waals surface area contributed by atoms with E-state index in [0.29, 0.717) is 12.1 Å². The minimum Gasteiger partial charge on any atom is -0.327 e. The molecule has 0 radical (unpaired) electrons. The highest BCUT2D eigenvalue weighted by Gasteiger charge is 2.22. The van der Waals surface area contributed by atoms with Crippen LogP contribution >= 0.6 is 0 Å². The quantitative estimate of drug-likeness (QED) is 0.798. The van der Waals surface area contributed by atoms with Gasteiger partial charge in [-0.25, -0.2) is 0 Å². The Balaban J connectivity index is 1.98. The predicted molar refractivity (Wildman–Crippen MR) is 63.5 cm³/mol. The molecule has 2 heteroatoms. The summed E-state index contributed by atoms with van der Waals surface area (Å²) in [5, 5.41) is 0. The van der Waals surface area contributed by atoms with Crippen molar-refractivity contribution in [2.75, 3.05) is 6.54 Å². The molecule has 2 nitrogen and oxygen atoms in total. The minimum atomic E-state index is 0.366. The van der Waals surface area contributed by atoms with E-state index in [4.69, 9.17) is 5.73 Å². The Kier molecular flexibility index (Phi) is 3.39. The second-order valence-electron chi connectivity index (χ2n) is 4.60. The lowest BCUT2D eigenvalue weighted by Gasteiger charge is -2.36. The van der Waals surface area contributed by atoms with Crippen molar-refractivity contribution in [3.63, 3.8) is 0 Å². The Morgan fingerprint density at radius 2 is 2.00 bits per heavy atom. The van der Waals surface area contributed by atoms with Crippen molar-refractivity contribution in [3.8, 4) is 0 Å². The number of piperidine rings is 1. The van der Waals surface area contributed by atoms with Crippen LogP contribution in [-0.2, 0) is 6.54 Å². The summed E-state index contributed by atoms with van der Waals surface area (Å²) in [4.78, 5) is 2.49. The highest BCUT2D eigenvalue weighted by molar-refractivity contribution is 5.14.